The number of aliphatic carboxylic acids is 1. The van der Waals surface area contributed by atoms with Gasteiger partial charge in [-0.3, -0.25) is 9.59 Å². The molecule has 0 aliphatic heterocycles. The second-order valence-electron chi connectivity index (χ2n) is 4.35. The molecule has 0 unspecified atom stereocenters. The minimum absolute atomic E-state index is 0.0759. The standard InChI is InChI=1S/C14H15BrN2O4/c1-8(15)6-12(14(20)21)17-13(19)10-4-3-5-11(7-10)16-9(2)18/h3-5,7,12H,1,6H2,2H3,(H,16,18)(H,17,19)(H,20,21)/t12-/m0/s1. The summed E-state index contributed by atoms with van der Waals surface area (Å²) in [6.45, 7) is 4.91. The van der Waals surface area contributed by atoms with Crippen LogP contribution in [0.3, 0.4) is 0 Å². The number of halogens is 1. The van der Waals surface area contributed by atoms with Gasteiger partial charge >= 0.3 is 5.97 Å². The van der Waals surface area contributed by atoms with Gasteiger partial charge in [-0.1, -0.05) is 28.6 Å². The maximum Gasteiger partial charge on any atom is 0.326 e. The lowest BCUT2D eigenvalue weighted by Crippen LogP contribution is -2.40. The molecule has 0 saturated heterocycles. The minimum Gasteiger partial charge on any atom is -0.480 e. The van der Waals surface area contributed by atoms with Gasteiger partial charge in [-0.05, 0) is 22.7 Å². The summed E-state index contributed by atoms with van der Waals surface area (Å²) in [5.41, 5.74) is 0.722. The highest BCUT2D eigenvalue weighted by Crippen LogP contribution is 2.13. The minimum atomic E-state index is -1.15. The molecule has 112 valence electrons. The van der Waals surface area contributed by atoms with Crippen molar-refractivity contribution in [2.45, 2.75) is 19.4 Å². The fraction of sp³-hybridized carbons (Fsp3) is 0.214. The van der Waals surface area contributed by atoms with Crippen molar-refractivity contribution in [3.8, 4) is 0 Å². The van der Waals surface area contributed by atoms with Crippen molar-refractivity contribution >= 4 is 39.4 Å². The van der Waals surface area contributed by atoms with Crippen LogP contribution >= 0.6 is 15.9 Å². The molecule has 1 rings (SSSR count). The zero-order valence-electron chi connectivity index (χ0n) is 11.4. The van der Waals surface area contributed by atoms with E-state index >= 15 is 0 Å². The number of hydrogen-bond donors (Lipinski definition) is 3. The Kier molecular flexibility index (Phi) is 6.10. The monoisotopic (exact) mass is 354 g/mol. The molecule has 2 amide bonds. The predicted molar refractivity (Wildman–Crippen MR) is 82.3 cm³/mol. The van der Waals surface area contributed by atoms with Crippen molar-refractivity contribution in [3.63, 3.8) is 0 Å². The molecular weight excluding hydrogens is 340 g/mol. The van der Waals surface area contributed by atoms with Crippen LogP contribution in [0.2, 0.25) is 0 Å². The molecule has 0 saturated carbocycles. The number of hydrogen-bond acceptors (Lipinski definition) is 3. The van der Waals surface area contributed by atoms with Crippen molar-refractivity contribution in [2.24, 2.45) is 0 Å². The SMILES string of the molecule is C=C(Br)C[C@H](NC(=O)c1cccc(NC(C)=O)c1)C(=O)O. The third-order valence-electron chi connectivity index (χ3n) is 2.47. The van der Waals surface area contributed by atoms with E-state index in [9.17, 15) is 14.4 Å². The van der Waals surface area contributed by atoms with Crippen molar-refractivity contribution in [2.75, 3.05) is 5.32 Å². The van der Waals surface area contributed by atoms with E-state index in [1.54, 1.807) is 12.1 Å². The highest BCUT2D eigenvalue weighted by molar-refractivity contribution is 9.11. The number of amides is 2. The first-order valence-corrected chi connectivity index (χ1v) is 6.83. The first kappa shape index (κ1) is 16.9. The molecule has 0 heterocycles. The van der Waals surface area contributed by atoms with Crippen molar-refractivity contribution in [1.29, 1.82) is 0 Å². The van der Waals surface area contributed by atoms with E-state index in [4.69, 9.17) is 5.11 Å². The van der Waals surface area contributed by atoms with Crippen LogP contribution in [0.4, 0.5) is 5.69 Å². The van der Waals surface area contributed by atoms with E-state index in [0.717, 1.165) is 0 Å². The van der Waals surface area contributed by atoms with Gasteiger partial charge < -0.3 is 15.7 Å². The van der Waals surface area contributed by atoms with Gasteiger partial charge in [0.25, 0.3) is 5.91 Å². The zero-order chi connectivity index (χ0) is 16.0. The molecule has 1 aromatic rings. The smallest absolute Gasteiger partial charge is 0.326 e. The van der Waals surface area contributed by atoms with Crippen LogP contribution in [0, 0.1) is 0 Å². The molecule has 1 aromatic carbocycles. The van der Waals surface area contributed by atoms with Gasteiger partial charge in [0, 0.05) is 24.6 Å². The van der Waals surface area contributed by atoms with Crippen LogP contribution in [-0.4, -0.2) is 28.9 Å². The van der Waals surface area contributed by atoms with Gasteiger partial charge in [-0.25, -0.2) is 4.79 Å². The van der Waals surface area contributed by atoms with Crippen LogP contribution in [-0.2, 0) is 9.59 Å². The number of carbonyl (C=O) groups excluding carboxylic acids is 2. The number of benzene rings is 1. The maximum atomic E-state index is 12.0. The van der Waals surface area contributed by atoms with E-state index < -0.39 is 17.9 Å². The summed E-state index contributed by atoms with van der Waals surface area (Å²) >= 11 is 3.07. The predicted octanol–water partition coefficient (Wildman–Crippen LogP) is 2.13. The summed E-state index contributed by atoms with van der Waals surface area (Å²) in [6.07, 6.45) is 0.0759. The fourth-order valence-electron chi connectivity index (χ4n) is 1.60. The quantitative estimate of drug-likeness (QED) is 0.729. The lowest BCUT2D eigenvalue weighted by Gasteiger charge is -2.14. The Hall–Kier alpha value is -2.15. The van der Waals surface area contributed by atoms with Crippen LogP contribution in [0.5, 0.6) is 0 Å². The van der Waals surface area contributed by atoms with Crippen molar-refractivity contribution < 1.29 is 19.5 Å². The molecule has 0 bridgehead atoms. The number of nitrogens with one attached hydrogen (secondary N) is 2. The van der Waals surface area contributed by atoms with Gasteiger partial charge in [0.15, 0.2) is 0 Å². The Morgan fingerprint density at radius 3 is 2.57 bits per heavy atom. The van der Waals surface area contributed by atoms with E-state index in [0.29, 0.717) is 10.2 Å². The molecule has 0 aromatic heterocycles. The number of anilines is 1. The molecule has 1 atom stereocenters. The zero-order valence-corrected chi connectivity index (χ0v) is 12.9. The summed E-state index contributed by atoms with van der Waals surface area (Å²) in [5.74, 6) is -1.95. The number of carboxylic acid groups (broad SMARTS) is 1. The molecule has 6 nitrogen and oxygen atoms in total. The summed E-state index contributed by atoms with van der Waals surface area (Å²) in [4.78, 5) is 34.1. The Labute approximate surface area is 130 Å². The summed E-state index contributed by atoms with van der Waals surface area (Å²) < 4.78 is 0.474. The Morgan fingerprint density at radius 2 is 2.05 bits per heavy atom. The van der Waals surface area contributed by atoms with Crippen LogP contribution < -0.4 is 10.6 Å². The molecule has 0 fully saturated rings. The Morgan fingerprint density at radius 1 is 1.38 bits per heavy atom. The summed E-state index contributed by atoms with van der Waals surface area (Å²) in [6, 6.07) is 5.15. The first-order chi connectivity index (χ1) is 9.79. The molecule has 21 heavy (non-hydrogen) atoms. The maximum absolute atomic E-state index is 12.0. The normalized spacial score (nSPS) is 11.3. The second kappa shape index (κ2) is 7.58. The largest absolute Gasteiger partial charge is 0.480 e. The van der Waals surface area contributed by atoms with Crippen LogP contribution in [0.15, 0.2) is 35.3 Å². The molecule has 0 radical (unpaired) electrons. The summed E-state index contributed by atoms with van der Waals surface area (Å²) in [5, 5.41) is 14.0. The average molecular weight is 355 g/mol. The van der Waals surface area contributed by atoms with Gasteiger partial charge in [-0.2, -0.15) is 0 Å². The van der Waals surface area contributed by atoms with Crippen molar-refractivity contribution in [1.82, 2.24) is 5.32 Å². The molecular formula is C14H15BrN2O4. The van der Waals surface area contributed by atoms with Gasteiger partial charge in [0.1, 0.15) is 6.04 Å². The topological polar surface area (TPSA) is 95.5 Å². The lowest BCUT2D eigenvalue weighted by atomic mass is 10.1. The molecule has 0 spiro atoms. The summed E-state index contributed by atoms with van der Waals surface area (Å²) in [7, 11) is 0. The van der Waals surface area contributed by atoms with E-state index in [2.05, 4.69) is 33.1 Å². The van der Waals surface area contributed by atoms with Crippen LogP contribution in [0.1, 0.15) is 23.7 Å². The Balaban J connectivity index is 2.84. The van der Waals surface area contributed by atoms with Gasteiger partial charge in [0.05, 0.1) is 0 Å². The average Bonchev–Trinajstić information content (AvgIpc) is 2.36. The van der Waals surface area contributed by atoms with Crippen LogP contribution in [0.25, 0.3) is 0 Å². The van der Waals surface area contributed by atoms with Gasteiger partial charge in [0.2, 0.25) is 5.91 Å². The van der Waals surface area contributed by atoms with E-state index in [1.807, 2.05) is 0 Å². The number of carboxylic acids is 1. The first-order valence-electron chi connectivity index (χ1n) is 6.04. The Bertz CT molecular complexity index is 586. The molecule has 0 aliphatic carbocycles. The number of carbonyl (C=O) groups is 3. The van der Waals surface area contributed by atoms with Gasteiger partial charge in [-0.15, -0.1) is 0 Å². The molecule has 3 N–H and O–H groups in total. The highest BCUT2D eigenvalue weighted by atomic mass is 79.9. The van der Waals surface area contributed by atoms with E-state index in [1.165, 1.54) is 19.1 Å². The second-order valence-corrected chi connectivity index (χ2v) is 5.47. The third-order valence-corrected chi connectivity index (χ3v) is 2.80. The highest BCUT2D eigenvalue weighted by Gasteiger charge is 2.21. The van der Waals surface area contributed by atoms with E-state index in [-0.39, 0.29) is 17.9 Å². The lowest BCUT2D eigenvalue weighted by molar-refractivity contribution is -0.139. The van der Waals surface area contributed by atoms with Crippen molar-refractivity contribution in [3.05, 3.63) is 40.9 Å². The molecule has 7 heteroatoms. The number of rotatable bonds is 6. The fourth-order valence-corrected chi connectivity index (χ4v) is 1.93. The third kappa shape index (κ3) is 5.78. The molecule has 0 aliphatic rings.